The molecule has 1 N–H and O–H groups in total. The molecule has 2 radical (unpaired) electrons. The lowest BCUT2D eigenvalue weighted by molar-refractivity contribution is 0.426. The van der Waals surface area contributed by atoms with E-state index in [0.717, 1.165) is 13.1 Å². The van der Waals surface area contributed by atoms with Crippen molar-refractivity contribution < 1.29 is 0 Å². The van der Waals surface area contributed by atoms with Crippen molar-refractivity contribution in [3.8, 4) is 0 Å². The van der Waals surface area contributed by atoms with Crippen molar-refractivity contribution in [3.05, 3.63) is 30.7 Å². The van der Waals surface area contributed by atoms with Gasteiger partial charge in [-0.3, -0.25) is 0 Å². The normalized spacial score (nSPS) is 37.6. The van der Waals surface area contributed by atoms with Crippen molar-refractivity contribution in [2.24, 2.45) is 11.8 Å². The van der Waals surface area contributed by atoms with Crippen LogP contribution in [0, 0.1) is 18.3 Å². The Balaban J connectivity index is 2.09. The van der Waals surface area contributed by atoms with Gasteiger partial charge in [-0.15, -0.1) is 0 Å². The van der Waals surface area contributed by atoms with E-state index in [2.05, 4.69) is 36.0 Å². The molecule has 1 heterocycles. The van der Waals surface area contributed by atoms with Gasteiger partial charge >= 0.3 is 0 Å². The molecule has 2 aliphatic rings. The van der Waals surface area contributed by atoms with Gasteiger partial charge in [0.05, 0.1) is 0 Å². The third-order valence-electron chi connectivity index (χ3n) is 2.09. The third-order valence-corrected chi connectivity index (χ3v) is 2.09. The molecular weight excluding hydrogens is 122 g/mol. The van der Waals surface area contributed by atoms with Crippen molar-refractivity contribution in [3.63, 3.8) is 0 Å². The first-order chi connectivity index (χ1) is 4.97. The fourth-order valence-electron chi connectivity index (χ4n) is 1.50. The molecule has 1 nitrogen and oxygen atoms in total. The van der Waals surface area contributed by atoms with Crippen LogP contribution in [0.4, 0.5) is 0 Å². The van der Waals surface area contributed by atoms with E-state index in [4.69, 9.17) is 0 Å². The number of piperidine rings is 1. The van der Waals surface area contributed by atoms with Crippen molar-refractivity contribution in [2.45, 2.75) is 0 Å². The number of allylic oxidation sites excluding steroid dienone is 3. The Kier molecular flexibility index (Phi) is 1.60. The molecule has 1 saturated heterocycles. The largest absolute Gasteiger partial charge is 0.316 e. The van der Waals surface area contributed by atoms with E-state index in [0.29, 0.717) is 11.8 Å². The lowest BCUT2D eigenvalue weighted by atomic mass is 9.84. The lowest BCUT2D eigenvalue weighted by Crippen LogP contribution is -2.35. The van der Waals surface area contributed by atoms with Gasteiger partial charge in [0.2, 0.25) is 0 Å². The quantitative estimate of drug-likeness (QED) is 0.520. The summed E-state index contributed by atoms with van der Waals surface area (Å²) in [6, 6.07) is 0. The molecule has 1 fully saturated rings. The maximum absolute atomic E-state index is 3.37. The highest BCUT2D eigenvalue weighted by molar-refractivity contribution is 5.18. The molecular formula is C9H11N. The molecule has 2 rings (SSSR count). The first-order valence-electron chi connectivity index (χ1n) is 3.76. The Bertz CT molecular complexity index is 150. The van der Waals surface area contributed by atoms with Gasteiger partial charge in [0.15, 0.2) is 0 Å². The first-order valence-corrected chi connectivity index (χ1v) is 3.76. The van der Waals surface area contributed by atoms with Crippen molar-refractivity contribution in [1.82, 2.24) is 5.32 Å². The maximum atomic E-state index is 3.37. The Labute approximate surface area is 61.8 Å². The molecule has 0 aromatic rings. The van der Waals surface area contributed by atoms with Crippen LogP contribution in [0.3, 0.4) is 0 Å². The highest BCUT2D eigenvalue weighted by atomic mass is 14.9. The number of rotatable bonds is 0. The summed E-state index contributed by atoms with van der Waals surface area (Å²) in [5, 5.41) is 3.29. The topological polar surface area (TPSA) is 12.0 Å². The molecule has 52 valence electrons. The van der Waals surface area contributed by atoms with E-state index in [-0.39, 0.29) is 0 Å². The minimum atomic E-state index is 0.575. The average molecular weight is 133 g/mol. The number of fused-ring (bicyclic) bond motifs is 1. The van der Waals surface area contributed by atoms with Gasteiger partial charge < -0.3 is 5.32 Å². The van der Waals surface area contributed by atoms with Gasteiger partial charge in [0.1, 0.15) is 0 Å². The van der Waals surface area contributed by atoms with E-state index in [1.54, 1.807) is 0 Å². The molecule has 1 aliphatic heterocycles. The smallest absolute Gasteiger partial charge is 0.00578 e. The summed E-state index contributed by atoms with van der Waals surface area (Å²) in [6.07, 6.45) is 12.1. The summed E-state index contributed by atoms with van der Waals surface area (Å²) in [4.78, 5) is 0. The molecule has 2 unspecified atom stereocenters. The lowest BCUT2D eigenvalue weighted by Gasteiger charge is -2.28. The summed E-state index contributed by atoms with van der Waals surface area (Å²) in [7, 11) is 0. The van der Waals surface area contributed by atoms with Gasteiger partial charge in [-0.1, -0.05) is 24.3 Å². The SMILES string of the molecule is [C]1CNCC2C=CC=CC12. The zero-order chi connectivity index (χ0) is 6.81. The van der Waals surface area contributed by atoms with E-state index in [1.165, 1.54) is 0 Å². The average Bonchev–Trinajstić information content (AvgIpc) is 2.05. The number of hydrogen-bond donors (Lipinski definition) is 1. The standard InChI is InChI=1S/C9H11N/c1-2-4-9-7-10-6-5-8(9)3-1/h1-4,8-10H,6-7H2. The summed E-state index contributed by atoms with van der Waals surface area (Å²) in [6.45, 7) is 2.05. The van der Waals surface area contributed by atoms with E-state index in [1.807, 2.05) is 0 Å². The second-order valence-corrected chi connectivity index (χ2v) is 2.79. The fourth-order valence-corrected chi connectivity index (χ4v) is 1.50. The van der Waals surface area contributed by atoms with Crippen LogP contribution < -0.4 is 5.32 Å². The summed E-state index contributed by atoms with van der Waals surface area (Å²) >= 11 is 0. The van der Waals surface area contributed by atoms with Crippen molar-refractivity contribution >= 4 is 0 Å². The summed E-state index contributed by atoms with van der Waals surface area (Å²) in [5.41, 5.74) is 0. The molecule has 0 spiro atoms. The Morgan fingerprint density at radius 3 is 3.10 bits per heavy atom. The van der Waals surface area contributed by atoms with Crippen molar-refractivity contribution in [1.29, 1.82) is 0 Å². The predicted molar refractivity (Wildman–Crippen MR) is 41.4 cm³/mol. The van der Waals surface area contributed by atoms with Crippen LogP contribution >= 0.6 is 0 Å². The Hall–Kier alpha value is -0.560. The molecule has 0 aromatic heterocycles. The molecule has 0 aromatic carbocycles. The Morgan fingerprint density at radius 1 is 1.30 bits per heavy atom. The second kappa shape index (κ2) is 2.59. The van der Waals surface area contributed by atoms with Gasteiger partial charge in [0, 0.05) is 19.5 Å². The second-order valence-electron chi connectivity index (χ2n) is 2.79. The molecule has 0 saturated carbocycles. The monoisotopic (exact) mass is 133 g/mol. The minimum Gasteiger partial charge on any atom is -0.316 e. The zero-order valence-corrected chi connectivity index (χ0v) is 5.88. The Morgan fingerprint density at radius 2 is 2.20 bits per heavy atom. The van der Waals surface area contributed by atoms with Gasteiger partial charge in [-0.25, -0.2) is 0 Å². The van der Waals surface area contributed by atoms with Crippen LogP contribution in [0.25, 0.3) is 0 Å². The molecule has 10 heavy (non-hydrogen) atoms. The molecule has 2 atom stereocenters. The van der Waals surface area contributed by atoms with Crippen LogP contribution in [0.15, 0.2) is 24.3 Å². The predicted octanol–water partition coefficient (Wildman–Crippen LogP) is 1.03. The van der Waals surface area contributed by atoms with Gasteiger partial charge in [-0.2, -0.15) is 0 Å². The number of nitrogens with one attached hydrogen (secondary N) is 1. The molecule has 1 heteroatoms. The zero-order valence-electron chi connectivity index (χ0n) is 5.88. The van der Waals surface area contributed by atoms with Crippen LogP contribution in [0.5, 0.6) is 0 Å². The first kappa shape index (κ1) is 6.17. The van der Waals surface area contributed by atoms with E-state index >= 15 is 0 Å². The molecule has 0 bridgehead atoms. The number of hydrogen-bond acceptors (Lipinski definition) is 1. The fraction of sp³-hybridized carbons (Fsp3) is 0.444. The van der Waals surface area contributed by atoms with Crippen LogP contribution in [0.1, 0.15) is 0 Å². The van der Waals surface area contributed by atoms with Gasteiger partial charge in [0.25, 0.3) is 0 Å². The maximum Gasteiger partial charge on any atom is 0.00578 e. The van der Waals surface area contributed by atoms with Crippen molar-refractivity contribution in [2.75, 3.05) is 13.1 Å². The van der Waals surface area contributed by atoms with E-state index in [9.17, 15) is 0 Å². The molecule has 1 aliphatic carbocycles. The van der Waals surface area contributed by atoms with Crippen LogP contribution in [0.2, 0.25) is 0 Å². The van der Waals surface area contributed by atoms with Crippen LogP contribution in [-0.4, -0.2) is 13.1 Å². The third kappa shape index (κ3) is 1.01. The summed E-state index contributed by atoms with van der Waals surface area (Å²) < 4.78 is 0. The highest BCUT2D eigenvalue weighted by Crippen LogP contribution is 2.23. The van der Waals surface area contributed by atoms with Gasteiger partial charge in [-0.05, 0) is 11.8 Å². The van der Waals surface area contributed by atoms with Crippen LogP contribution in [-0.2, 0) is 0 Å². The highest BCUT2D eigenvalue weighted by Gasteiger charge is 2.21. The van der Waals surface area contributed by atoms with E-state index < -0.39 is 0 Å². The summed E-state index contributed by atoms with van der Waals surface area (Å²) in [5.74, 6) is 1.24. The minimum absolute atomic E-state index is 0.575. The molecule has 0 amide bonds.